The van der Waals surface area contributed by atoms with Crippen LogP contribution < -0.4 is 0 Å². The zero-order chi connectivity index (χ0) is 13.4. The minimum Gasteiger partial charge on any atom is -0.345 e. The van der Waals surface area contributed by atoms with Crippen LogP contribution in [0.1, 0.15) is 31.0 Å². The van der Waals surface area contributed by atoms with E-state index in [9.17, 15) is 0 Å². The van der Waals surface area contributed by atoms with Gasteiger partial charge in [0.25, 0.3) is 0 Å². The van der Waals surface area contributed by atoms with Crippen molar-refractivity contribution >= 4 is 11.0 Å². The van der Waals surface area contributed by atoms with Gasteiger partial charge in [-0.1, -0.05) is 19.9 Å². The Kier molecular flexibility index (Phi) is 2.78. The number of fused-ring (bicyclic) bond motifs is 1. The number of nitrogens with zero attached hydrogens (tertiary/aromatic N) is 3. The van der Waals surface area contributed by atoms with E-state index in [4.69, 9.17) is 0 Å². The molecule has 19 heavy (non-hydrogen) atoms. The summed E-state index contributed by atoms with van der Waals surface area (Å²) in [7, 11) is 0. The maximum Gasteiger partial charge on any atom is 0.116 e. The van der Waals surface area contributed by atoms with E-state index in [-0.39, 0.29) is 0 Å². The van der Waals surface area contributed by atoms with Gasteiger partial charge >= 0.3 is 0 Å². The van der Waals surface area contributed by atoms with Crippen molar-refractivity contribution in [3.8, 4) is 11.3 Å². The molecule has 4 nitrogen and oxygen atoms in total. The van der Waals surface area contributed by atoms with Crippen LogP contribution in [0.2, 0.25) is 0 Å². The molecule has 2 aromatic heterocycles. The highest BCUT2D eigenvalue weighted by Gasteiger charge is 2.12. The second kappa shape index (κ2) is 4.46. The summed E-state index contributed by atoms with van der Waals surface area (Å²) in [5, 5.41) is 0. The first-order valence-electron chi connectivity index (χ1n) is 6.42. The zero-order valence-corrected chi connectivity index (χ0v) is 11.3. The van der Waals surface area contributed by atoms with Crippen LogP contribution in [0.25, 0.3) is 22.3 Å². The van der Waals surface area contributed by atoms with Crippen LogP contribution in [-0.2, 0) is 0 Å². The third-order valence-corrected chi connectivity index (χ3v) is 3.36. The Labute approximate surface area is 111 Å². The Morgan fingerprint density at radius 3 is 2.74 bits per heavy atom. The molecule has 0 aliphatic carbocycles. The minimum atomic E-state index is 0.401. The molecule has 4 heteroatoms. The Morgan fingerprint density at radius 1 is 1.11 bits per heavy atom. The van der Waals surface area contributed by atoms with E-state index < -0.39 is 0 Å². The summed E-state index contributed by atoms with van der Waals surface area (Å²) in [6.07, 6.45) is 3.36. The summed E-state index contributed by atoms with van der Waals surface area (Å²) < 4.78 is 0. The summed E-state index contributed by atoms with van der Waals surface area (Å²) in [6, 6.07) is 6.15. The van der Waals surface area contributed by atoms with E-state index >= 15 is 0 Å². The summed E-state index contributed by atoms with van der Waals surface area (Å²) in [4.78, 5) is 16.2. The highest BCUT2D eigenvalue weighted by Crippen LogP contribution is 2.27. The molecule has 0 amide bonds. The molecule has 0 saturated carbocycles. The van der Waals surface area contributed by atoms with Gasteiger partial charge in [-0.3, -0.25) is 0 Å². The number of aromatic amines is 1. The van der Waals surface area contributed by atoms with E-state index in [2.05, 4.69) is 52.8 Å². The average molecular weight is 252 g/mol. The Morgan fingerprint density at radius 2 is 1.95 bits per heavy atom. The van der Waals surface area contributed by atoms with Crippen LogP contribution in [0, 0.1) is 6.92 Å². The van der Waals surface area contributed by atoms with E-state index in [1.807, 2.05) is 6.07 Å². The molecule has 0 atom stereocenters. The SMILES string of the molecule is Cc1c(-c2ccc3nc[nH]c3c2)ncnc1C(C)C. The lowest BCUT2D eigenvalue weighted by atomic mass is 10.00. The van der Waals surface area contributed by atoms with Crippen molar-refractivity contribution < 1.29 is 0 Å². The Hall–Kier alpha value is -2.23. The first-order valence-corrected chi connectivity index (χ1v) is 6.42. The maximum atomic E-state index is 4.44. The van der Waals surface area contributed by atoms with Crippen molar-refractivity contribution in [2.75, 3.05) is 0 Å². The van der Waals surface area contributed by atoms with Crippen LogP contribution in [0.4, 0.5) is 0 Å². The highest BCUT2D eigenvalue weighted by molar-refractivity contribution is 5.81. The number of hydrogen-bond donors (Lipinski definition) is 1. The van der Waals surface area contributed by atoms with Crippen LogP contribution in [0.15, 0.2) is 30.9 Å². The van der Waals surface area contributed by atoms with Crippen molar-refractivity contribution in [1.29, 1.82) is 0 Å². The molecule has 3 aromatic rings. The molecule has 1 N–H and O–H groups in total. The summed E-state index contributed by atoms with van der Waals surface area (Å²) in [5.74, 6) is 0.401. The van der Waals surface area contributed by atoms with Gasteiger partial charge in [-0.05, 0) is 30.5 Å². The molecule has 3 rings (SSSR count). The fourth-order valence-electron chi connectivity index (χ4n) is 2.42. The minimum absolute atomic E-state index is 0.401. The predicted octanol–water partition coefficient (Wildman–Crippen LogP) is 3.45. The molecular weight excluding hydrogens is 236 g/mol. The number of hydrogen-bond acceptors (Lipinski definition) is 3. The molecule has 96 valence electrons. The Balaban J connectivity index is 2.18. The number of aromatic nitrogens is 4. The number of benzene rings is 1. The molecule has 0 aliphatic heterocycles. The first-order chi connectivity index (χ1) is 9.16. The lowest BCUT2D eigenvalue weighted by Crippen LogP contribution is -2.00. The molecule has 0 radical (unpaired) electrons. The molecule has 2 heterocycles. The maximum absolute atomic E-state index is 4.44. The van der Waals surface area contributed by atoms with E-state index in [1.54, 1.807) is 12.7 Å². The summed E-state index contributed by atoms with van der Waals surface area (Å²) in [5.41, 5.74) is 6.35. The largest absolute Gasteiger partial charge is 0.345 e. The van der Waals surface area contributed by atoms with Gasteiger partial charge < -0.3 is 4.98 Å². The second-order valence-corrected chi connectivity index (χ2v) is 5.02. The third kappa shape index (κ3) is 1.99. The fraction of sp³-hybridized carbons (Fsp3) is 0.267. The average Bonchev–Trinajstić information content (AvgIpc) is 2.85. The smallest absolute Gasteiger partial charge is 0.116 e. The van der Waals surface area contributed by atoms with Gasteiger partial charge in [-0.2, -0.15) is 0 Å². The lowest BCUT2D eigenvalue weighted by Gasteiger charge is -2.11. The van der Waals surface area contributed by atoms with Gasteiger partial charge in [0.05, 0.1) is 23.1 Å². The highest BCUT2D eigenvalue weighted by atomic mass is 14.9. The van der Waals surface area contributed by atoms with Gasteiger partial charge in [0, 0.05) is 11.3 Å². The standard InChI is InChI=1S/C15H16N4/c1-9(2)14-10(3)15(19-8-18-14)11-4-5-12-13(6-11)17-7-16-12/h4-9H,1-3H3,(H,16,17). The molecule has 0 aliphatic rings. The molecule has 0 bridgehead atoms. The van der Waals surface area contributed by atoms with Crippen molar-refractivity contribution in [2.24, 2.45) is 0 Å². The number of imidazole rings is 1. The summed E-state index contributed by atoms with van der Waals surface area (Å²) >= 11 is 0. The summed E-state index contributed by atoms with van der Waals surface area (Å²) in [6.45, 7) is 6.39. The molecule has 0 fully saturated rings. The van der Waals surface area contributed by atoms with Gasteiger partial charge in [0.1, 0.15) is 6.33 Å². The predicted molar refractivity (Wildman–Crippen MR) is 75.9 cm³/mol. The molecule has 0 saturated heterocycles. The van der Waals surface area contributed by atoms with Gasteiger partial charge in [0.2, 0.25) is 0 Å². The van der Waals surface area contributed by atoms with Crippen LogP contribution >= 0.6 is 0 Å². The number of H-pyrrole nitrogens is 1. The number of rotatable bonds is 2. The van der Waals surface area contributed by atoms with Gasteiger partial charge in [-0.25, -0.2) is 15.0 Å². The lowest BCUT2D eigenvalue weighted by molar-refractivity contribution is 0.803. The first kappa shape index (κ1) is 11.8. The van der Waals surface area contributed by atoms with E-state index in [1.165, 1.54) is 0 Å². The normalized spacial score (nSPS) is 11.4. The van der Waals surface area contributed by atoms with Gasteiger partial charge in [-0.15, -0.1) is 0 Å². The van der Waals surface area contributed by atoms with Crippen molar-refractivity contribution in [3.63, 3.8) is 0 Å². The van der Waals surface area contributed by atoms with E-state index in [0.29, 0.717) is 5.92 Å². The number of nitrogens with one attached hydrogen (secondary N) is 1. The molecule has 1 aromatic carbocycles. The van der Waals surface area contributed by atoms with Gasteiger partial charge in [0.15, 0.2) is 0 Å². The van der Waals surface area contributed by atoms with E-state index in [0.717, 1.165) is 33.5 Å². The fourth-order valence-corrected chi connectivity index (χ4v) is 2.42. The molecule has 0 unspecified atom stereocenters. The van der Waals surface area contributed by atoms with Crippen LogP contribution in [-0.4, -0.2) is 19.9 Å². The van der Waals surface area contributed by atoms with Crippen molar-refractivity contribution in [3.05, 3.63) is 42.1 Å². The quantitative estimate of drug-likeness (QED) is 0.760. The Bertz CT molecular complexity index is 728. The molecule has 0 spiro atoms. The van der Waals surface area contributed by atoms with Crippen molar-refractivity contribution in [1.82, 2.24) is 19.9 Å². The van der Waals surface area contributed by atoms with Crippen LogP contribution in [0.5, 0.6) is 0 Å². The molecular formula is C15H16N4. The topological polar surface area (TPSA) is 54.5 Å². The second-order valence-electron chi connectivity index (χ2n) is 5.02. The monoisotopic (exact) mass is 252 g/mol. The van der Waals surface area contributed by atoms with Crippen molar-refractivity contribution in [2.45, 2.75) is 26.7 Å². The third-order valence-electron chi connectivity index (χ3n) is 3.36. The zero-order valence-electron chi connectivity index (χ0n) is 11.3. The van der Waals surface area contributed by atoms with Crippen LogP contribution in [0.3, 0.4) is 0 Å².